The monoisotopic (exact) mass is 416 g/mol. The van der Waals surface area contributed by atoms with Crippen molar-refractivity contribution < 1.29 is 13.1 Å². The summed E-state index contributed by atoms with van der Waals surface area (Å²) >= 11 is -1.99. The minimum atomic E-state index is -1.99. The third kappa shape index (κ3) is 5.71. The van der Waals surface area contributed by atoms with Gasteiger partial charge >= 0.3 is 178 Å². The van der Waals surface area contributed by atoms with Crippen LogP contribution in [0.25, 0.3) is 0 Å². The van der Waals surface area contributed by atoms with Crippen LogP contribution in [0, 0.1) is 0 Å². The predicted octanol–water partition coefficient (Wildman–Crippen LogP) is 6.94. The molecule has 146 valence electrons. The van der Waals surface area contributed by atoms with Crippen LogP contribution in [0.15, 0.2) is 121 Å². The Hall–Kier alpha value is -2.59. The SMILES string of the molecule is c1ccc([CH2][Cr]([CH2]c2ccccc2)([CH2]c2ccccc2)[CH2]c2ccccc2)cc1. The van der Waals surface area contributed by atoms with Crippen LogP contribution in [0.1, 0.15) is 22.3 Å². The first-order valence-electron chi connectivity index (χ1n) is 10.2. The average molecular weight is 417 g/mol. The molecule has 0 aliphatic carbocycles. The van der Waals surface area contributed by atoms with E-state index in [0.29, 0.717) is 0 Å². The first-order valence-corrected chi connectivity index (χ1v) is 13.8. The Labute approximate surface area is 177 Å². The molecule has 0 bridgehead atoms. The fourth-order valence-electron chi connectivity index (χ4n) is 4.02. The molecule has 0 heterocycles. The molecule has 0 unspecified atom stereocenters. The average Bonchev–Trinajstić information content (AvgIpc) is 2.76. The molecule has 0 spiro atoms. The van der Waals surface area contributed by atoms with Gasteiger partial charge in [-0.2, -0.15) is 0 Å². The van der Waals surface area contributed by atoms with Crippen molar-refractivity contribution in [2.24, 2.45) is 0 Å². The summed E-state index contributed by atoms with van der Waals surface area (Å²) in [5.74, 6) is 0. The first-order chi connectivity index (χ1) is 14.3. The molecular weight excluding hydrogens is 388 g/mol. The fourth-order valence-corrected chi connectivity index (χ4v) is 10.6. The van der Waals surface area contributed by atoms with Gasteiger partial charge < -0.3 is 0 Å². The van der Waals surface area contributed by atoms with E-state index in [1.807, 2.05) is 0 Å². The van der Waals surface area contributed by atoms with Crippen molar-refractivity contribution in [1.29, 1.82) is 0 Å². The predicted molar refractivity (Wildman–Crippen MR) is 121 cm³/mol. The van der Waals surface area contributed by atoms with Crippen molar-refractivity contribution in [2.75, 3.05) is 0 Å². The minimum absolute atomic E-state index is 1.22. The van der Waals surface area contributed by atoms with Crippen LogP contribution in [0.3, 0.4) is 0 Å². The van der Waals surface area contributed by atoms with E-state index in [1.165, 1.54) is 43.4 Å². The van der Waals surface area contributed by atoms with Gasteiger partial charge in [-0.25, -0.2) is 0 Å². The van der Waals surface area contributed by atoms with Crippen molar-refractivity contribution >= 4 is 0 Å². The van der Waals surface area contributed by atoms with E-state index in [1.54, 1.807) is 0 Å². The molecule has 29 heavy (non-hydrogen) atoms. The molecule has 0 fully saturated rings. The van der Waals surface area contributed by atoms with Crippen molar-refractivity contribution in [2.45, 2.75) is 21.1 Å². The van der Waals surface area contributed by atoms with Crippen LogP contribution < -0.4 is 0 Å². The Morgan fingerprint density at radius 2 is 0.517 bits per heavy atom. The topological polar surface area (TPSA) is 0 Å². The molecule has 0 amide bonds. The fraction of sp³-hybridized carbons (Fsp3) is 0.143. The molecule has 0 aromatic heterocycles. The zero-order valence-corrected chi connectivity index (χ0v) is 18.1. The quantitative estimate of drug-likeness (QED) is 0.292. The molecule has 1 heteroatoms. The summed E-state index contributed by atoms with van der Waals surface area (Å²) < 4.78 is 0. The molecule has 0 nitrogen and oxygen atoms in total. The second kappa shape index (κ2) is 9.75. The summed E-state index contributed by atoms with van der Waals surface area (Å²) in [6, 6.07) is 44.5. The standard InChI is InChI=1S/4C7H7.Cr/c4*1-7-5-3-2-4-6-7;/h4*2-6H,1H2;. The van der Waals surface area contributed by atoms with E-state index >= 15 is 0 Å². The summed E-state index contributed by atoms with van der Waals surface area (Å²) in [6.07, 6.45) is 0. The molecule has 0 aliphatic heterocycles. The van der Waals surface area contributed by atoms with Crippen molar-refractivity contribution in [3.63, 3.8) is 0 Å². The summed E-state index contributed by atoms with van der Waals surface area (Å²) in [6.45, 7) is 0. The van der Waals surface area contributed by atoms with Gasteiger partial charge in [0, 0.05) is 0 Å². The summed E-state index contributed by atoms with van der Waals surface area (Å²) in [4.78, 5) is 0. The summed E-state index contributed by atoms with van der Waals surface area (Å²) in [5, 5.41) is 4.87. The van der Waals surface area contributed by atoms with E-state index in [0.717, 1.165) is 0 Å². The maximum atomic E-state index is 2.31. The Morgan fingerprint density at radius 3 is 0.724 bits per heavy atom. The van der Waals surface area contributed by atoms with E-state index < -0.39 is 13.1 Å². The van der Waals surface area contributed by atoms with E-state index in [4.69, 9.17) is 0 Å². The van der Waals surface area contributed by atoms with Crippen LogP contribution in [-0.2, 0) is 34.2 Å². The van der Waals surface area contributed by atoms with Crippen LogP contribution in [0.4, 0.5) is 0 Å². The summed E-state index contributed by atoms with van der Waals surface area (Å²) in [7, 11) is 0. The van der Waals surface area contributed by atoms with Crippen molar-refractivity contribution in [3.05, 3.63) is 144 Å². The van der Waals surface area contributed by atoms with Crippen LogP contribution in [-0.4, -0.2) is 0 Å². The number of hydrogen-bond donors (Lipinski definition) is 0. The number of rotatable bonds is 8. The van der Waals surface area contributed by atoms with Gasteiger partial charge in [0.25, 0.3) is 0 Å². The molecule has 0 radical (unpaired) electrons. The molecule has 0 saturated heterocycles. The Morgan fingerprint density at radius 1 is 0.310 bits per heavy atom. The first kappa shape index (κ1) is 19.7. The second-order valence-corrected chi connectivity index (χ2v) is 13.4. The molecule has 0 N–H and O–H groups in total. The van der Waals surface area contributed by atoms with E-state index in [-0.39, 0.29) is 0 Å². The maximum absolute atomic E-state index is 2.31. The molecule has 0 atom stereocenters. The Kier molecular flexibility index (Phi) is 6.63. The molecule has 4 rings (SSSR count). The molecule has 0 saturated carbocycles. The number of hydrogen-bond acceptors (Lipinski definition) is 0. The Balaban J connectivity index is 1.75. The molecule has 4 aromatic carbocycles. The second-order valence-electron chi connectivity index (χ2n) is 7.74. The number of benzene rings is 4. The third-order valence-electron chi connectivity index (χ3n) is 5.26. The summed E-state index contributed by atoms with van der Waals surface area (Å²) in [5.41, 5.74) is 5.93. The van der Waals surface area contributed by atoms with E-state index in [9.17, 15) is 0 Å². The van der Waals surface area contributed by atoms with E-state index in [2.05, 4.69) is 121 Å². The van der Waals surface area contributed by atoms with Crippen LogP contribution in [0.2, 0.25) is 0 Å². The van der Waals surface area contributed by atoms with Gasteiger partial charge in [-0.15, -0.1) is 0 Å². The zero-order chi connectivity index (χ0) is 19.8. The van der Waals surface area contributed by atoms with Crippen LogP contribution >= 0.6 is 0 Å². The van der Waals surface area contributed by atoms with Gasteiger partial charge in [0.15, 0.2) is 0 Å². The van der Waals surface area contributed by atoms with Crippen LogP contribution in [0.5, 0.6) is 0 Å². The van der Waals surface area contributed by atoms with Gasteiger partial charge in [0.1, 0.15) is 0 Å². The van der Waals surface area contributed by atoms with Crippen molar-refractivity contribution in [3.8, 4) is 0 Å². The van der Waals surface area contributed by atoms with Gasteiger partial charge in [-0.1, -0.05) is 0 Å². The molecular formula is C28H28Cr. The van der Waals surface area contributed by atoms with Gasteiger partial charge in [0.2, 0.25) is 0 Å². The molecule has 0 aliphatic rings. The molecule has 4 aromatic rings. The van der Waals surface area contributed by atoms with Gasteiger partial charge in [-0.3, -0.25) is 0 Å². The Bertz CT molecular complexity index is 808. The van der Waals surface area contributed by atoms with Gasteiger partial charge in [-0.05, 0) is 0 Å². The normalized spacial score (nSPS) is 11.9. The van der Waals surface area contributed by atoms with Crippen molar-refractivity contribution in [1.82, 2.24) is 0 Å². The van der Waals surface area contributed by atoms with Gasteiger partial charge in [0.05, 0.1) is 0 Å². The third-order valence-corrected chi connectivity index (χ3v) is 11.2. The zero-order valence-electron chi connectivity index (χ0n) is 16.8.